The number of nitrogens with one attached hydrogen (secondary N) is 1. The summed E-state index contributed by atoms with van der Waals surface area (Å²) in [6, 6.07) is 18.2. The molecular formula is C18H12N2O3S. The second kappa shape index (κ2) is 5.58. The van der Waals surface area contributed by atoms with Crippen LogP contribution in [-0.2, 0) is 0 Å². The first kappa shape index (κ1) is 14.6. The summed E-state index contributed by atoms with van der Waals surface area (Å²) in [7, 11) is 0. The Balaban J connectivity index is 1.90. The fourth-order valence-corrected chi connectivity index (χ4v) is 3.23. The third kappa shape index (κ3) is 2.37. The number of nitro groups is 1. The van der Waals surface area contributed by atoms with Crippen LogP contribution in [0.4, 0.5) is 5.69 Å². The standard InChI is InChI=1S/C18H12N2O3S/c21-20(22)13-8-5-12(6-9-13)17-16-14-4-2-1-3-11(14)7-10-15(16)23-18(24)19-17/h1-10,17H,(H,19,24). The quantitative estimate of drug-likeness (QED) is 0.433. The Labute approximate surface area is 143 Å². The average molecular weight is 336 g/mol. The molecule has 1 unspecified atom stereocenters. The molecule has 4 rings (SSSR count). The van der Waals surface area contributed by atoms with Gasteiger partial charge in [0.25, 0.3) is 10.9 Å². The molecule has 0 aliphatic carbocycles. The summed E-state index contributed by atoms with van der Waals surface area (Å²) in [5.74, 6) is 0.709. The second-order valence-corrected chi connectivity index (χ2v) is 5.88. The Morgan fingerprint density at radius 3 is 2.54 bits per heavy atom. The molecule has 0 saturated heterocycles. The molecule has 6 heteroatoms. The number of nitrogens with zero attached hydrogens (tertiary/aromatic N) is 1. The maximum Gasteiger partial charge on any atom is 0.269 e. The van der Waals surface area contributed by atoms with Crippen molar-refractivity contribution in [3.05, 3.63) is 81.9 Å². The first-order chi connectivity index (χ1) is 11.6. The molecule has 0 bridgehead atoms. The molecule has 3 aromatic rings. The zero-order valence-electron chi connectivity index (χ0n) is 12.4. The first-order valence-corrected chi connectivity index (χ1v) is 7.78. The van der Waals surface area contributed by atoms with Crippen molar-refractivity contribution in [3.63, 3.8) is 0 Å². The van der Waals surface area contributed by atoms with Gasteiger partial charge in [0.05, 0.1) is 11.0 Å². The predicted molar refractivity (Wildman–Crippen MR) is 95.2 cm³/mol. The minimum absolute atomic E-state index is 0.0616. The highest BCUT2D eigenvalue weighted by Crippen LogP contribution is 2.39. The minimum Gasteiger partial charge on any atom is -0.432 e. The van der Waals surface area contributed by atoms with Crippen LogP contribution in [-0.4, -0.2) is 10.1 Å². The molecule has 0 aromatic heterocycles. The van der Waals surface area contributed by atoms with E-state index < -0.39 is 4.92 Å². The van der Waals surface area contributed by atoms with E-state index in [1.165, 1.54) is 12.1 Å². The first-order valence-electron chi connectivity index (χ1n) is 7.38. The third-order valence-electron chi connectivity index (χ3n) is 4.12. The molecule has 5 nitrogen and oxygen atoms in total. The van der Waals surface area contributed by atoms with Gasteiger partial charge in [-0.2, -0.15) is 0 Å². The third-order valence-corrected chi connectivity index (χ3v) is 4.32. The van der Waals surface area contributed by atoms with E-state index in [1.54, 1.807) is 12.1 Å². The van der Waals surface area contributed by atoms with E-state index in [9.17, 15) is 10.1 Å². The Morgan fingerprint density at radius 1 is 1.04 bits per heavy atom. The number of rotatable bonds is 2. The summed E-state index contributed by atoms with van der Waals surface area (Å²) in [6.07, 6.45) is 0. The van der Waals surface area contributed by atoms with Gasteiger partial charge in [-0.05, 0) is 46.8 Å². The molecule has 1 aliphatic rings. The van der Waals surface area contributed by atoms with E-state index in [1.807, 2.05) is 36.4 Å². The fourth-order valence-electron chi connectivity index (χ4n) is 3.02. The van der Waals surface area contributed by atoms with Crippen molar-refractivity contribution in [1.29, 1.82) is 0 Å². The number of ether oxygens (including phenoxy) is 1. The summed E-state index contributed by atoms with van der Waals surface area (Å²) >= 11 is 5.21. The summed E-state index contributed by atoms with van der Waals surface area (Å²) in [4.78, 5) is 10.5. The fraction of sp³-hybridized carbons (Fsp3) is 0.0556. The summed E-state index contributed by atoms with van der Waals surface area (Å²) in [5.41, 5.74) is 1.94. The van der Waals surface area contributed by atoms with Gasteiger partial charge in [-0.25, -0.2) is 0 Å². The van der Waals surface area contributed by atoms with Crippen molar-refractivity contribution in [2.45, 2.75) is 6.04 Å². The number of fused-ring (bicyclic) bond motifs is 3. The summed E-state index contributed by atoms with van der Waals surface area (Å²) < 4.78 is 5.67. The van der Waals surface area contributed by atoms with Gasteiger partial charge in [-0.3, -0.25) is 10.1 Å². The number of benzene rings is 3. The predicted octanol–water partition coefficient (Wildman–Crippen LogP) is 4.10. The van der Waals surface area contributed by atoms with Crippen LogP contribution in [0, 0.1) is 10.1 Å². The van der Waals surface area contributed by atoms with Crippen molar-refractivity contribution in [2.75, 3.05) is 0 Å². The maximum atomic E-state index is 10.9. The highest BCUT2D eigenvalue weighted by Gasteiger charge is 2.27. The van der Waals surface area contributed by atoms with E-state index in [0.29, 0.717) is 10.9 Å². The lowest BCUT2D eigenvalue weighted by molar-refractivity contribution is -0.384. The zero-order chi connectivity index (χ0) is 16.7. The molecule has 0 radical (unpaired) electrons. The SMILES string of the molecule is O=[N+]([O-])c1ccc(C2NC(=S)Oc3ccc4ccccc4c32)cc1. The smallest absolute Gasteiger partial charge is 0.269 e. The van der Waals surface area contributed by atoms with Crippen molar-refractivity contribution >= 4 is 33.9 Å². The van der Waals surface area contributed by atoms with Gasteiger partial charge in [0.1, 0.15) is 5.75 Å². The molecule has 118 valence electrons. The van der Waals surface area contributed by atoms with Crippen LogP contribution in [0.25, 0.3) is 10.8 Å². The van der Waals surface area contributed by atoms with Crippen LogP contribution < -0.4 is 10.1 Å². The highest BCUT2D eigenvalue weighted by molar-refractivity contribution is 7.80. The van der Waals surface area contributed by atoms with Crippen LogP contribution in [0.5, 0.6) is 5.75 Å². The molecule has 24 heavy (non-hydrogen) atoms. The van der Waals surface area contributed by atoms with Gasteiger partial charge in [0.2, 0.25) is 0 Å². The lowest BCUT2D eigenvalue weighted by Gasteiger charge is -2.29. The van der Waals surface area contributed by atoms with Gasteiger partial charge in [-0.1, -0.05) is 30.3 Å². The Kier molecular flexibility index (Phi) is 3.39. The lowest BCUT2D eigenvalue weighted by atomic mass is 9.92. The zero-order valence-corrected chi connectivity index (χ0v) is 13.2. The van der Waals surface area contributed by atoms with Gasteiger partial charge in [-0.15, -0.1) is 0 Å². The van der Waals surface area contributed by atoms with E-state index in [-0.39, 0.29) is 11.7 Å². The molecule has 0 spiro atoms. The summed E-state index contributed by atoms with van der Waals surface area (Å²) in [5, 5.41) is 16.5. The second-order valence-electron chi connectivity index (χ2n) is 5.51. The number of hydrogen-bond donors (Lipinski definition) is 1. The van der Waals surface area contributed by atoms with Crippen LogP contribution >= 0.6 is 12.2 Å². The molecule has 0 saturated carbocycles. The molecule has 1 atom stereocenters. The van der Waals surface area contributed by atoms with Crippen molar-refractivity contribution in [2.24, 2.45) is 0 Å². The Hall–Kier alpha value is -2.99. The van der Waals surface area contributed by atoms with E-state index >= 15 is 0 Å². The van der Waals surface area contributed by atoms with Crippen molar-refractivity contribution in [3.8, 4) is 5.75 Å². The largest absolute Gasteiger partial charge is 0.432 e. The molecule has 3 aromatic carbocycles. The van der Waals surface area contributed by atoms with E-state index in [2.05, 4.69) is 5.32 Å². The number of nitro benzene ring substituents is 1. The van der Waals surface area contributed by atoms with Crippen LogP contribution in [0.2, 0.25) is 0 Å². The monoisotopic (exact) mass is 336 g/mol. The van der Waals surface area contributed by atoms with E-state index in [0.717, 1.165) is 21.9 Å². The molecule has 0 amide bonds. The molecule has 0 fully saturated rings. The topological polar surface area (TPSA) is 64.4 Å². The van der Waals surface area contributed by atoms with Crippen LogP contribution in [0.15, 0.2) is 60.7 Å². The normalized spacial score (nSPS) is 16.2. The molecular weight excluding hydrogens is 324 g/mol. The van der Waals surface area contributed by atoms with Gasteiger partial charge < -0.3 is 10.1 Å². The minimum atomic E-state index is -0.408. The van der Waals surface area contributed by atoms with Crippen LogP contribution in [0.1, 0.15) is 17.2 Å². The Morgan fingerprint density at radius 2 is 1.79 bits per heavy atom. The molecule has 1 N–H and O–H groups in total. The average Bonchev–Trinajstić information content (AvgIpc) is 2.60. The molecule has 1 aliphatic heterocycles. The van der Waals surface area contributed by atoms with E-state index in [4.69, 9.17) is 17.0 Å². The van der Waals surface area contributed by atoms with Crippen molar-refractivity contribution < 1.29 is 9.66 Å². The number of non-ortho nitro benzene ring substituents is 1. The van der Waals surface area contributed by atoms with Gasteiger partial charge in [0, 0.05) is 17.7 Å². The van der Waals surface area contributed by atoms with Crippen molar-refractivity contribution in [1.82, 2.24) is 5.32 Å². The van der Waals surface area contributed by atoms with Gasteiger partial charge in [0.15, 0.2) is 0 Å². The molecule has 1 heterocycles. The lowest BCUT2D eigenvalue weighted by Crippen LogP contribution is -2.36. The highest BCUT2D eigenvalue weighted by atomic mass is 32.1. The van der Waals surface area contributed by atoms with Crippen LogP contribution in [0.3, 0.4) is 0 Å². The van der Waals surface area contributed by atoms with Gasteiger partial charge >= 0.3 is 0 Å². The number of thiocarbonyl (C=S) groups is 1. The maximum absolute atomic E-state index is 10.9. The Bertz CT molecular complexity index is 970. The summed E-state index contributed by atoms with van der Waals surface area (Å²) in [6.45, 7) is 0. The number of hydrogen-bond acceptors (Lipinski definition) is 4.